The number of hydrogen-bond donors (Lipinski definition) is 1. The zero-order chi connectivity index (χ0) is 10.1. The Morgan fingerprint density at radius 3 is 2.86 bits per heavy atom. The van der Waals surface area contributed by atoms with Gasteiger partial charge in [0.1, 0.15) is 0 Å². The molecule has 0 spiro atoms. The molecule has 0 atom stereocenters. The van der Waals surface area contributed by atoms with E-state index < -0.39 is 0 Å². The third-order valence-corrected chi connectivity index (χ3v) is 2.47. The van der Waals surface area contributed by atoms with Gasteiger partial charge in [-0.15, -0.1) is 11.6 Å². The van der Waals surface area contributed by atoms with Crippen LogP contribution in [0.15, 0.2) is 29.1 Å². The number of pyridine rings is 1. The van der Waals surface area contributed by atoms with E-state index in [2.05, 4.69) is 4.98 Å². The number of hydrogen-bond acceptors (Lipinski definition) is 1. The average molecular weight is 208 g/mol. The summed E-state index contributed by atoms with van der Waals surface area (Å²) in [5.41, 5.74) is 2.71. The third-order valence-electron chi connectivity index (χ3n) is 2.19. The number of H-pyrrole nitrogens is 1. The Hall–Kier alpha value is -1.28. The second kappa shape index (κ2) is 3.46. The van der Waals surface area contributed by atoms with Gasteiger partial charge in [0.25, 0.3) is 0 Å². The van der Waals surface area contributed by atoms with Crippen molar-refractivity contribution in [3.8, 4) is 0 Å². The van der Waals surface area contributed by atoms with E-state index in [1.54, 1.807) is 6.07 Å². The van der Waals surface area contributed by atoms with Crippen LogP contribution < -0.4 is 5.43 Å². The van der Waals surface area contributed by atoms with Crippen LogP contribution in [0.4, 0.5) is 0 Å². The van der Waals surface area contributed by atoms with Crippen LogP contribution in [-0.4, -0.2) is 4.98 Å². The zero-order valence-corrected chi connectivity index (χ0v) is 8.56. The number of rotatable bonds is 1. The number of aryl methyl sites for hydroxylation is 1. The zero-order valence-electron chi connectivity index (χ0n) is 7.80. The summed E-state index contributed by atoms with van der Waals surface area (Å²) in [6.07, 6.45) is 0. The molecule has 0 aliphatic heterocycles. The van der Waals surface area contributed by atoms with E-state index in [4.69, 9.17) is 11.6 Å². The SMILES string of the molecule is Cc1ccc2[nH]c(CCl)cc(=O)c2c1. The molecule has 0 radical (unpaired) electrons. The van der Waals surface area contributed by atoms with Gasteiger partial charge in [0.15, 0.2) is 5.43 Å². The normalized spacial score (nSPS) is 10.7. The van der Waals surface area contributed by atoms with Gasteiger partial charge in [-0.05, 0) is 19.1 Å². The Morgan fingerprint density at radius 2 is 2.14 bits per heavy atom. The largest absolute Gasteiger partial charge is 0.357 e. The van der Waals surface area contributed by atoms with Gasteiger partial charge in [-0.1, -0.05) is 11.6 Å². The van der Waals surface area contributed by atoms with Crippen LogP contribution in [0.5, 0.6) is 0 Å². The van der Waals surface area contributed by atoms with Crippen LogP contribution in [0.3, 0.4) is 0 Å². The fourth-order valence-electron chi connectivity index (χ4n) is 1.49. The molecule has 1 aromatic heterocycles. The molecule has 3 heteroatoms. The second-order valence-corrected chi connectivity index (χ2v) is 3.61. The highest BCUT2D eigenvalue weighted by Crippen LogP contribution is 2.11. The van der Waals surface area contributed by atoms with E-state index in [1.807, 2.05) is 25.1 Å². The molecule has 72 valence electrons. The van der Waals surface area contributed by atoms with Crippen LogP contribution in [0.25, 0.3) is 10.9 Å². The van der Waals surface area contributed by atoms with Crippen molar-refractivity contribution in [1.82, 2.24) is 4.98 Å². The molecule has 14 heavy (non-hydrogen) atoms. The third kappa shape index (κ3) is 1.53. The number of aromatic amines is 1. The molecule has 0 saturated heterocycles. The van der Waals surface area contributed by atoms with E-state index in [9.17, 15) is 4.79 Å². The molecule has 2 rings (SSSR count). The van der Waals surface area contributed by atoms with Crippen molar-refractivity contribution in [2.45, 2.75) is 12.8 Å². The molecule has 1 aromatic carbocycles. The minimum Gasteiger partial charge on any atom is -0.357 e. The van der Waals surface area contributed by atoms with Crippen LogP contribution >= 0.6 is 11.6 Å². The molecule has 1 heterocycles. The quantitative estimate of drug-likeness (QED) is 0.717. The first-order valence-corrected chi connectivity index (χ1v) is 4.92. The first kappa shape index (κ1) is 9.28. The minimum absolute atomic E-state index is 0.0260. The van der Waals surface area contributed by atoms with Crippen molar-refractivity contribution in [3.63, 3.8) is 0 Å². The molecule has 0 unspecified atom stereocenters. The first-order chi connectivity index (χ1) is 6.70. The van der Waals surface area contributed by atoms with E-state index in [1.165, 1.54) is 0 Å². The predicted molar refractivity (Wildman–Crippen MR) is 58.9 cm³/mol. The van der Waals surface area contributed by atoms with Crippen LogP contribution in [0, 0.1) is 6.92 Å². The minimum atomic E-state index is 0.0260. The van der Waals surface area contributed by atoms with Gasteiger partial charge in [-0.25, -0.2) is 0 Å². The van der Waals surface area contributed by atoms with Gasteiger partial charge in [-0.2, -0.15) is 0 Å². The van der Waals surface area contributed by atoms with Gasteiger partial charge in [-0.3, -0.25) is 4.79 Å². The standard InChI is InChI=1S/C11H10ClNO/c1-7-2-3-10-9(4-7)11(14)5-8(6-12)13-10/h2-5H,6H2,1H3,(H,13,14). The lowest BCUT2D eigenvalue weighted by Gasteiger charge is -2.01. The Morgan fingerprint density at radius 1 is 1.36 bits per heavy atom. The molecule has 0 bridgehead atoms. The number of aromatic nitrogens is 1. The molecule has 1 N–H and O–H groups in total. The molecular formula is C11H10ClNO. The summed E-state index contributed by atoms with van der Waals surface area (Å²) in [7, 11) is 0. The average Bonchev–Trinajstić information content (AvgIpc) is 2.19. The summed E-state index contributed by atoms with van der Waals surface area (Å²) in [6.45, 7) is 1.97. The molecule has 0 saturated carbocycles. The lowest BCUT2D eigenvalue weighted by atomic mass is 10.1. The van der Waals surface area contributed by atoms with E-state index in [-0.39, 0.29) is 5.43 Å². The van der Waals surface area contributed by atoms with Gasteiger partial charge in [0.2, 0.25) is 0 Å². The van der Waals surface area contributed by atoms with Crippen molar-refractivity contribution in [3.05, 3.63) is 45.7 Å². The van der Waals surface area contributed by atoms with Gasteiger partial charge < -0.3 is 4.98 Å². The molecule has 0 fully saturated rings. The summed E-state index contributed by atoms with van der Waals surface area (Å²) in [5, 5.41) is 0.721. The highest BCUT2D eigenvalue weighted by atomic mass is 35.5. The summed E-state index contributed by atoms with van der Waals surface area (Å²) >= 11 is 5.66. The lowest BCUT2D eigenvalue weighted by Crippen LogP contribution is -2.04. The summed E-state index contributed by atoms with van der Waals surface area (Å²) in [6, 6.07) is 7.30. The Balaban J connectivity index is 2.83. The Bertz CT molecular complexity index is 530. The maximum absolute atomic E-state index is 11.6. The van der Waals surface area contributed by atoms with Crippen LogP contribution in [0.2, 0.25) is 0 Å². The van der Waals surface area contributed by atoms with Crippen molar-refractivity contribution in [1.29, 1.82) is 0 Å². The molecular weight excluding hydrogens is 198 g/mol. The van der Waals surface area contributed by atoms with Crippen LogP contribution in [0.1, 0.15) is 11.3 Å². The molecule has 2 aromatic rings. The number of halogens is 1. The molecule has 0 aliphatic rings. The molecule has 0 aliphatic carbocycles. The monoisotopic (exact) mass is 207 g/mol. The van der Waals surface area contributed by atoms with Gasteiger partial charge in [0, 0.05) is 22.7 Å². The van der Waals surface area contributed by atoms with Crippen molar-refractivity contribution in [2.24, 2.45) is 0 Å². The predicted octanol–water partition coefficient (Wildman–Crippen LogP) is 2.58. The van der Waals surface area contributed by atoms with E-state index >= 15 is 0 Å². The maximum atomic E-state index is 11.6. The highest BCUT2D eigenvalue weighted by molar-refractivity contribution is 6.16. The summed E-state index contributed by atoms with van der Waals surface area (Å²) < 4.78 is 0. The smallest absolute Gasteiger partial charge is 0.189 e. The topological polar surface area (TPSA) is 32.9 Å². The maximum Gasteiger partial charge on any atom is 0.189 e. The van der Waals surface area contributed by atoms with Crippen molar-refractivity contribution < 1.29 is 0 Å². The fourth-order valence-corrected chi connectivity index (χ4v) is 1.63. The van der Waals surface area contributed by atoms with Crippen LogP contribution in [-0.2, 0) is 5.88 Å². The van der Waals surface area contributed by atoms with E-state index in [0.29, 0.717) is 5.88 Å². The first-order valence-electron chi connectivity index (χ1n) is 4.39. The number of alkyl halides is 1. The Labute approximate surface area is 86.5 Å². The van der Waals surface area contributed by atoms with Gasteiger partial charge >= 0.3 is 0 Å². The van der Waals surface area contributed by atoms with Crippen molar-refractivity contribution >= 4 is 22.5 Å². The van der Waals surface area contributed by atoms with Crippen molar-refractivity contribution in [2.75, 3.05) is 0 Å². The summed E-state index contributed by atoms with van der Waals surface area (Å²) in [5.74, 6) is 0.332. The number of benzene rings is 1. The fraction of sp³-hybridized carbons (Fsp3) is 0.182. The number of fused-ring (bicyclic) bond motifs is 1. The molecule has 2 nitrogen and oxygen atoms in total. The van der Waals surface area contributed by atoms with E-state index in [0.717, 1.165) is 22.2 Å². The Kier molecular flexibility index (Phi) is 2.30. The second-order valence-electron chi connectivity index (χ2n) is 3.34. The molecule has 0 amide bonds. The van der Waals surface area contributed by atoms with Gasteiger partial charge in [0.05, 0.1) is 5.88 Å². The highest BCUT2D eigenvalue weighted by Gasteiger charge is 2.00. The number of nitrogens with one attached hydrogen (secondary N) is 1. The lowest BCUT2D eigenvalue weighted by molar-refractivity contribution is 1.20. The summed E-state index contributed by atoms with van der Waals surface area (Å²) in [4.78, 5) is 14.7.